The van der Waals surface area contributed by atoms with E-state index in [1.165, 1.54) is 0 Å². The summed E-state index contributed by atoms with van der Waals surface area (Å²) in [4.78, 5) is 0. The molecule has 6 heteroatoms. The Morgan fingerprint density at radius 2 is 1.28 bits per heavy atom. The van der Waals surface area contributed by atoms with Crippen molar-refractivity contribution in [3.63, 3.8) is 0 Å². The molecule has 0 radical (unpaired) electrons. The van der Waals surface area contributed by atoms with E-state index in [0.717, 1.165) is 0 Å². The van der Waals surface area contributed by atoms with E-state index in [2.05, 4.69) is 73.5 Å². The molecule has 0 aromatic heterocycles. The SMILES string of the molecule is C[N]1[Sn](=[S])[N]([Si](C)(C)C)[Si]1(C(C)(C)C)C(C)(C)C. The Hall–Kier alpha value is 1.37. The van der Waals surface area contributed by atoms with Crippen LogP contribution in [0.5, 0.6) is 0 Å². The third-order valence-corrected chi connectivity index (χ3v) is 38.8. The second-order valence-electron chi connectivity index (χ2n) is 8.52. The van der Waals surface area contributed by atoms with Crippen LogP contribution in [-0.4, -0.2) is 47.3 Å². The van der Waals surface area contributed by atoms with E-state index in [4.69, 9.17) is 9.29 Å². The van der Waals surface area contributed by atoms with Crippen molar-refractivity contribution in [2.24, 2.45) is 0 Å². The molecule has 1 aliphatic rings. The second kappa shape index (κ2) is 4.69. The Morgan fingerprint density at radius 1 is 0.944 bits per heavy atom. The second-order valence-corrected chi connectivity index (χ2v) is 30.3. The van der Waals surface area contributed by atoms with Crippen LogP contribution >= 0.6 is 9.29 Å². The molecular formula is C12H30N2SSi2Sn. The molecule has 1 rings (SSSR count). The van der Waals surface area contributed by atoms with Crippen molar-refractivity contribution in [2.45, 2.75) is 71.3 Å². The molecule has 0 atom stereocenters. The van der Waals surface area contributed by atoms with Gasteiger partial charge in [-0.2, -0.15) is 0 Å². The Balaban J connectivity index is 3.49. The summed E-state index contributed by atoms with van der Waals surface area (Å²) >= 11 is -1.86. The predicted octanol–water partition coefficient (Wildman–Crippen LogP) is 4.29. The van der Waals surface area contributed by atoms with E-state index in [0.29, 0.717) is 10.1 Å². The summed E-state index contributed by atoms with van der Waals surface area (Å²) in [7, 11) is 5.35. The molecule has 18 heavy (non-hydrogen) atoms. The fourth-order valence-electron chi connectivity index (χ4n) is 4.11. The molecule has 0 amide bonds. The summed E-state index contributed by atoms with van der Waals surface area (Å²) in [6.45, 7) is 22.1. The van der Waals surface area contributed by atoms with Gasteiger partial charge in [0.25, 0.3) is 0 Å². The first-order valence-corrected chi connectivity index (χ1v) is 18.6. The predicted molar refractivity (Wildman–Crippen MR) is 91.5 cm³/mol. The van der Waals surface area contributed by atoms with Gasteiger partial charge in [0.05, 0.1) is 0 Å². The molecule has 0 N–H and O–H groups in total. The van der Waals surface area contributed by atoms with Gasteiger partial charge in [0.15, 0.2) is 0 Å². The molecule has 0 spiro atoms. The van der Waals surface area contributed by atoms with Gasteiger partial charge in [-0.15, -0.1) is 0 Å². The van der Waals surface area contributed by atoms with Crippen molar-refractivity contribution in [1.29, 1.82) is 0 Å². The molecule has 1 fully saturated rings. The van der Waals surface area contributed by atoms with Crippen molar-refractivity contribution in [1.82, 2.24) is 5.24 Å². The average molecular weight is 409 g/mol. The zero-order chi connectivity index (χ0) is 14.7. The molecule has 0 aromatic carbocycles. The first-order chi connectivity index (χ1) is 7.69. The summed E-state index contributed by atoms with van der Waals surface area (Å²) in [5, 5.41) is 0.728. The maximum atomic E-state index is 5.96. The summed E-state index contributed by atoms with van der Waals surface area (Å²) in [6, 6.07) is 0. The fraction of sp³-hybridized carbons (Fsp3) is 1.00. The third kappa shape index (κ3) is 2.26. The van der Waals surface area contributed by atoms with Gasteiger partial charge < -0.3 is 0 Å². The first-order valence-electron chi connectivity index (χ1n) is 6.77. The summed E-state index contributed by atoms with van der Waals surface area (Å²) in [5.74, 6) is 0. The van der Waals surface area contributed by atoms with Crippen LogP contribution in [-0.2, 0) is 0 Å². The molecule has 106 valence electrons. The fourth-order valence-corrected chi connectivity index (χ4v) is 55.0. The van der Waals surface area contributed by atoms with Crippen LogP contribution in [0.25, 0.3) is 0 Å². The average Bonchev–Trinajstić information content (AvgIpc) is 2.05. The Kier molecular flexibility index (Phi) is 4.54. The maximum absolute atomic E-state index is 5.96. The van der Waals surface area contributed by atoms with Crippen molar-refractivity contribution < 1.29 is 0 Å². The van der Waals surface area contributed by atoms with Gasteiger partial charge in [-0.1, -0.05) is 0 Å². The monoisotopic (exact) mass is 410 g/mol. The van der Waals surface area contributed by atoms with E-state index in [-0.39, 0.29) is 0 Å². The molecule has 2 nitrogen and oxygen atoms in total. The molecule has 0 aromatic rings. The third-order valence-electron chi connectivity index (χ3n) is 4.05. The normalized spacial score (nSPS) is 23.1. The minimum absolute atomic E-state index is 0.364. The van der Waals surface area contributed by atoms with Crippen LogP contribution < -0.4 is 0 Å². The van der Waals surface area contributed by atoms with Gasteiger partial charge in [-0.3, -0.25) is 0 Å². The standard InChI is InChI=1S/C12H30N2Si2.S.Sn/c1-11(2,3)16(13-7,12(4,5)6)14-15(8,9)10;;/h1-10H3;;/q-2;;+2. The molecule has 1 saturated heterocycles. The van der Waals surface area contributed by atoms with E-state index in [1.807, 2.05) is 0 Å². The van der Waals surface area contributed by atoms with E-state index >= 15 is 0 Å². The summed E-state index contributed by atoms with van der Waals surface area (Å²) in [5.41, 5.74) is 0. The Morgan fingerprint density at radius 3 is 1.44 bits per heavy atom. The number of hydrogen-bond acceptors (Lipinski definition) is 1. The van der Waals surface area contributed by atoms with E-state index in [9.17, 15) is 0 Å². The van der Waals surface area contributed by atoms with Gasteiger partial charge in [0, 0.05) is 0 Å². The van der Waals surface area contributed by atoms with Crippen LogP contribution in [0.15, 0.2) is 0 Å². The van der Waals surface area contributed by atoms with Crippen LogP contribution in [0.3, 0.4) is 0 Å². The molecule has 1 aliphatic heterocycles. The molecule has 1 heterocycles. The van der Waals surface area contributed by atoms with Crippen LogP contribution in [0, 0.1) is 0 Å². The molecule has 0 saturated carbocycles. The first kappa shape index (κ1) is 17.4. The van der Waals surface area contributed by atoms with Gasteiger partial charge in [-0.05, 0) is 0 Å². The van der Waals surface area contributed by atoms with Gasteiger partial charge in [0.2, 0.25) is 0 Å². The topological polar surface area (TPSA) is 6.48 Å². The number of hydrogen-bond donors (Lipinski definition) is 0. The Bertz CT molecular complexity index is 352. The van der Waals surface area contributed by atoms with Crippen molar-refractivity contribution in [3.05, 3.63) is 0 Å². The molecular weight excluding hydrogens is 379 g/mol. The van der Waals surface area contributed by atoms with Crippen LogP contribution in [0.2, 0.25) is 29.7 Å². The summed E-state index contributed by atoms with van der Waals surface area (Å²) in [6.07, 6.45) is 0. The van der Waals surface area contributed by atoms with Crippen molar-refractivity contribution in [2.75, 3.05) is 7.05 Å². The molecule has 0 aliphatic carbocycles. The van der Waals surface area contributed by atoms with Gasteiger partial charge >= 0.3 is 128 Å². The molecule has 0 unspecified atom stereocenters. The Labute approximate surface area is 127 Å². The van der Waals surface area contributed by atoms with Crippen LogP contribution in [0.4, 0.5) is 0 Å². The zero-order valence-corrected chi connectivity index (χ0v) is 19.5. The van der Waals surface area contributed by atoms with Gasteiger partial charge in [0.1, 0.15) is 0 Å². The zero-order valence-electron chi connectivity index (χ0n) is 13.8. The van der Waals surface area contributed by atoms with Crippen molar-refractivity contribution in [3.8, 4) is 0 Å². The number of nitrogens with zero attached hydrogens (tertiary/aromatic N) is 2. The van der Waals surface area contributed by atoms with Crippen LogP contribution in [0.1, 0.15) is 41.5 Å². The van der Waals surface area contributed by atoms with E-state index in [1.54, 1.807) is 0 Å². The molecule has 0 bridgehead atoms. The van der Waals surface area contributed by atoms with Gasteiger partial charge in [-0.25, -0.2) is 0 Å². The number of rotatable bonds is 1. The quantitative estimate of drug-likeness (QED) is 0.597. The van der Waals surface area contributed by atoms with E-state index < -0.39 is 35.0 Å². The van der Waals surface area contributed by atoms with Crippen molar-refractivity contribution >= 4 is 44.3 Å². The summed E-state index contributed by atoms with van der Waals surface area (Å²) < 4.78 is 5.75. The minimum atomic E-state index is -1.86.